The predicted molar refractivity (Wildman–Crippen MR) is 106 cm³/mol. The van der Waals surface area contributed by atoms with Gasteiger partial charge in [0.15, 0.2) is 11.6 Å². The number of carbonyl (C=O) groups excluding carboxylic acids is 1. The number of H-pyrrole nitrogens is 1. The fourth-order valence-electron chi connectivity index (χ4n) is 3.49. The molecular formula is C19H16F2N4O5S. The molecule has 1 aromatic heterocycles. The zero-order valence-corrected chi connectivity index (χ0v) is 16.7. The number of benzene rings is 2. The molecular weight excluding hydrogens is 434 g/mol. The minimum absolute atomic E-state index is 0.0322. The van der Waals surface area contributed by atoms with E-state index in [2.05, 4.69) is 4.98 Å². The predicted octanol–water partition coefficient (Wildman–Crippen LogP) is 2.50. The molecule has 0 bridgehead atoms. The molecule has 1 N–H and O–H groups in total. The van der Waals surface area contributed by atoms with Crippen molar-refractivity contribution in [2.45, 2.75) is 4.90 Å². The molecule has 1 fully saturated rings. The van der Waals surface area contributed by atoms with Crippen LogP contribution in [-0.2, 0) is 10.0 Å². The number of nitrogens with zero attached hydrogens (tertiary/aromatic N) is 3. The molecule has 1 aliphatic rings. The molecule has 3 aromatic rings. The van der Waals surface area contributed by atoms with Crippen LogP contribution in [0.2, 0.25) is 0 Å². The Balaban J connectivity index is 1.52. The fraction of sp³-hybridized carbons (Fsp3) is 0.211. The number of aromatic amines is 1. The summed E-state index contributed by atoms with van der Waals surface area (Å²) in [6, 6.07) is 6.51. The molecule has 0 unspecified atom stereocenters. The van der Waals surface area contributed by atoms with Crippen LogP contribution in [-0.4, -0.2) is 59.6 Å². The van der Waals surface area contributed by atoms with E-state index in [9.17, 15) is 32.1 Å². The maximum atomic E-state index is 13.5. The smallest absolute Gasteiger partial charge is 0.270 e. The van der Waals surface area contributed by atoms with E-state index < -0.39 is 32.5 Å². The van der Waals surface area contributed by atoms with Gasteiger partial charge >= 0.3 is 0 Å². The quantitative estimate of drug-likeness (QED) is 0.484. The van der Waals surface area contributed by atoms with Gasteiger partial charge in [0, 0.05) is 55.4 Å². The van der Waals surface area contributed by atoms with E-state index in [1.54, 1.807) is 0 Å². The molecule has 0 spiro atoms. The maximum absolute atomic E-state index is 13.5. The highest BCUT2D eigenvalue weighted by Crippen LogP contribution is 2.26. The van der Waals surface area contributed by atoms with Gasteiger partial charge in [-0.25, -0.2) is 17.2 Å². The third-order valence-electron chi connectivity index (χ3n) is 5.16. The summed E-state index contributed by atoms with van der Waals surface area (Å²) >= 11 is 0. The van der Waals surface area contributed by atoms with Crippen molar-refractivity contribution in [3.63, 3.8) is 0 Å². The van der Waals surface area contributed by atoms with Crippen LogP contribution in [0.1, 0.15) is 10.4 Å². The normalized spacial score (nSPS) is 15.4. The number of carbonyl (C=O) groups is 1. The molecule has 4 rings (SSSR count). The van der Waals surface area contributed by atoms with Gasteiger partial charge < -0.3 is 9.88 Å². The average molecular weight is 450 g/mol. The summed E-state index contributed by atoms with van der Waals surface area (Å²) in [5, 5.41) is 11.4. The number of hydrogen-bond acceptors (Lipinski definition) is 5. The highest BCUT2D eigenvalue weighted by atomic mass is 32.2. The fourth-order valence-corrected chi connectivity index (χ4v) is 4.92. The van der Waals surface area contributed by atoms with Crippen molar-refractivity contribution in [2.24, 2.45) is 0 Å². The Morgan fingerprint density at radius 2 is 1.74 bits per heavy atom. The van der Waals surface area contributed by atoms with Gasteiger partial charge in [0.05, 0.1) is 15.4 Å². The average Bonchev–Trinajstić information content (AvgIpc) is 3.18. The van der Waals surface area contributed by atoms with Crippen LogP contribution in [0.5, 0.6) is 0 Å². The Morgan fingerprint density at radius 3 is 2.39 bits per heavy atom. The SMILES string of the molecule is O=C(c1c[nH]c2ccc([N+](=O)[O-])cc12)N1CCN(S(=O)(=O)c2ccc(F)c(F)c2)CC1. The topological polar surface area (TPSA) is 117 Å². The Labute approximate surface area is 175 Å². The lowest BCUT2D eigenvalue weighted by molar-refractivity contribution is -0.384. The molecule has 9 nitrogen and oxygen atoms in total. The number of amides is 1. The zero-order valence-electron chi connectivity index (χ0n) is 15.9. The first-order valence-electron chi connectivity index (χ1n) is 9.18. The second-order valence-electron chi connectivity index (χ2n) is 6.96. The summed E-state index contributed by atoms with van der Waals surface area (Å²) in [5.41, 5.74) is 0.660. The maximum Gasteiger partial charge on any atom is 0.270 e. The number of nitro groups is 1. The highest BCUT2D eigenvalue weighted by molar-refractivity contribution is 7.89. The number of nitrogens with one attached hydrogen (secondary N) is 1. The molecule has 1 amide bonds. The molecule has 1 saturated heterocycles. The van der Waals surface area contributed by atoms with Gasteiger partial charge in [-0.3, -0.25) is 14.9 Å². The van der Waals surface area contributed by atoms with E-state index in [0.29, 0.717) is 17.0 Å². The highest BCUT2D eigenvalue weighted by Gasteiger charge is 2.31. The number of non-ortho nitro benzene ring substituents is 1. The molecule has 0 radical (unpaired) electrons. The number of fused-ring (bicyclic) bond motifs is 1. The molecule has 31 heavy (non-hydrogen) atoms. The third kappa shape index (κ3) is 3.75. The summed E-state index contributed by atoms with van der Waals surface area (Å²) < 4.78 is 53.1. The van der Waals surface area contributed by atoms with Gasteiger partial charge in [-0.05, 0) is 24.3 Å². The second kappa shape index (κ2) is 7.71. The molecule has 1 aliphatic heterocycles. The van der Waals surface area contributed by atoms with Crippen LogP contribution in [0.15, 0.2) is 47.5 Å². The molecule has 0 aliphatic carbocycles. The van der Waals surface area contributed by atoms with E-state index in [0.717, 1.165) is 16.4 Å². The minimum Gasteiger partial charge on any atom is -0.360 e. The Bertz CT molecular complexity index is 1300. The Kier molecular flexibility index (Phi) is 5.19. The molecule has 0 atom stereocenters. The zero-order chi connectivity index (χ0) is 22.3. The van der Waals surface area contributed by atoms with Crippen LogP contribution >= 0.6 is 0 Å². The van der Waals surface area contributed by atoms with Crippen LogP contribution < -0.4 is 0 Å². The molecule has 2 aromatic carbocycles. The largest absolute Gasteiger partial charge is 0.360 e. The van der Waals surface area contributed by atoms with E-state index in [4.69, 9.17) is 0 Å². The van der Waals surface area contributed by atoms with Crippen LogP contribution in [0, 0.1) is 21.7 Å². The minimum atomic E-state index is -4.05. The number of hydrogen-bond donors (Lipinski definition) is 1. The Hall–Kier alpha value is -3.38. The van der Waals surface area contributed by atoms with Crippen molar-refractivity contribution >= 4 is 32.5 Å². The summed E-state index contributed by atoms with van der Waals surface area (Å²) in [6.07, 6.45) is 1.46. The van der Waals surface area contributed by atoms with Gasteiger partial charge in [0.25, 0.3) is 11.6 Å². The van der Waals surface area contributed by atoms with Gasteiger partial charge in [-0.1, -0.05) is 0 Å². The first-order valence-corrected chi connectivity index (χ1v) is 10.6. The number of aromatic nitrogens is 1. The van der Waals surface area contributed by atoms with E-state index in [-0.39, 0.29) is 42.3 Å². The number of sulfonamides is 1. The van der Waals surface area contributed by atoms with Crippen LogP contribution in [0.25, 0.3) is 10.9 Å². The third-order valence-corrected chi connectivity index (χ3v) is 7.06. The van der Waals surface area contributed by atoms with Crippen molar-refractivity contribution in [1.82, 2.24) is 14.2 Å². The number of rotatable bonds is 4. The monoisotopic (exact) mass is 450 g/mol. The lowest BCUT2D eigenvalue weighted by Crippen LogP contribution is -2.50. The van der Waals surface area contributed by atoms with Crippen LogP contribution in [0.4, 0.5) is 14.5 Å². The lowest BCUT2D eigenvalue weighted by Gasteiger charge is -2.34. The summed E-state index contributed by atoms with van der Waals surface area (Å²) in [7, 11) is -4.05. The first-order chi connectivity index (χ1) is 14.7. The summed E-state index contributed by atoms with van der Waals surface area (Å²) in [6.45, 7) is 0.0812. The van der Waals surface area contributed by atoms with Gasteiger partial charge in [0.2, 0.25) is 10.0 Å². The van der Waals surface area contributed by atoms with E-state index >= 15 is 0 Å². The summed E-state index contributed by atoms with van der Waals surface area (Å²) in [4.78, 5) is 27.4. The standard InChI is InChI=1S/C19H16F2N4O5S/c20-16-3-2-13(10-17(16)21)31(29,30)24-7-5-23(6-8-24)19(26)15-11-22-18-4-1-12(25(27)28)9-14(15)18/h1-4,9-11,22H,5-8H2. The molecule has 2 heterocycles. The van der Waals surface area contributed by atoms with E-state index in [1.807, 2.05) is 0 Å². The van der Waals surface area contributed by atoms with E-state index in [1.165, 1.54) is 29.3 Å². The van der Waals surface area contributed by atoms with Crippen molar-refractivity contribution in [2.75, 3.05) is 26.2 Å². The van der Waals surface area contributed by atoms with Gasteiger partial charge in [0.1, 0.15) is 0 Å². The first kappa shape index (κ1) is 20.9. The number of halogens is 2. The molecule has 12 heteroatoms. The van der Waals surface area contributed by atoms with Crippen molar-refractivity contribution in [3.8, 4) is 0 Å². The summed E-state index contributed by atoms with van der Waals surface area (Å²) in [5.74, 6) is -2.80. The van der Waals surface area contributed by atoms with Crippen LogP contribution in [0.3, 0.4) is 0 Å². The van der Waals surface area contributed by atoms with Gasteiger partial charge in [-0.15, -0.1) is 0 Å². The van der Waals surface area contributed by atoms with Crippen molar-refractivity contribution in [3.05, 3.63) is 69.9 Å². The van der Waals surface area contributed by atoms with Crippen molar-refractivity contribution < 1.29 is 26.9 Å². The van der Waals surface area contributed by atoms with Crippen molar-refractivity contribution in [1.29, 1.82) is 0 Å². The molecule has 162 valence electrons. The Morgan fingerprint density at radius 1 is 1.03 bits per heavy atom. The number of piperazine rings is 1. The van der Waals surface area contributed by atoms with Gasteiger partial charge in [-0.2, -0.15) is 4.31 Å². The molecule has 0 saturated carbocycles. The second-order valence-corrected chi connectivity index (χ2v) is 8.90. The lowest BCUT2D eigenvalue weighted by atomic mass is 10.1. The number of nitro benzene ring substituents is 1.